The van der Waals surface area contributed by atoms with Gasteiger partial charge in [0.1, 0.15) is 0 Å². The Bertz CT molecular complexity index is 630. The van der Waals surface area contributed by atoms with Gasteiger partial charge in [0, 0.05) is 58.7 Å². The summed E-state index contributed by atoms with van der Waals surface area (Å²) in [6.45, 7) is 5.88. The summed E-state index contributed by atoms with van der Waals surface area (Å²) in [6.07, 6.45) is 9.45. The smallest absolute Gasteiger partial charge is 0.250 e. The van der Waals surface area contributed by atoms with Crippen molar-refractivity contribution in [2.45, 2.75) is 64.1 Å². The quantitative estimate of drug-likeness (QED) is 0.762. The topological polar surface area (TPSA) is 24.3 Å². The third-order valence-corrected chi connectivity index (χ3v) is 6.01. The van der Waals surface area contributed by atoms with E-state index in [0.717, 1.165) is 37.7 Å². The largest absolute Gasteiger partial charge is 0.297 e. The molecule has 0 unspecified atom stereocenters. The molecule has 0 bridgehead atoms. The van der Waals surface area contributed by atoms with E-state index in [-0.39, 0.29) is 12.8 Å². The molecule has 4 nitrogen and oxygen atoms in total. The number of hydrogen-bond acceptors (Lipinski definition) is 3. The van der Waals surface area contributed by atoms with Gasteiger partial charge in [0.05, 0.1) is 11.4 Å². The zero-order valence-corrected chi connectivity index (χ0v) is 15.5. The summed E-state index contributed by atoms with van der Waals surface area (Å²) in [5, 5.41) is 4.77. The highest BCUT2D eigenvalue weighted by Crippen LogP contribution is 2.28. The Kier molecular flexibility index (Phi) is 5.41. The molecule has 0 aromatic carbocycles. The van der Waals surface area contributed by atoms with Gasteiger partial charge < -0.3 is 0 Å². The number of aryl methyl sites for hydroxylation is 1. The molecular weight excluding hydrogens is 334 g/mol. The summed E-state index contributed by atoms with van der Waals surface area (Å²) < 4.78 is 28.8. The van der Waals surface area contributed by atoms with E-state index in [2.05, 4.69) is 32.7 Å². The van der Waals surface area contributed by atoms with E-state index in [1.54, 1.807) is 0 Å². The van der Waals surface area contributed by atoms with E-state index in [4.69, 9.17) is 5.10 Å². The lowest BCUT2D eigenvalue weighted by Gasteiger charge is -2.31. The SMILES string of the molecule is FC1(F)CCN(Cc2cc3n(n2)CCCN(C[C@H]2CC=CCC2)C3)CC1. The molecule has 1 aliphatic carbocycles. The number of alkyl halides is 2. The van der Waals surface area contributed by atoms with Crippen LogP contribution in [0.1, 0.15) is 49.9 Å². The Hall–Kier alpha value is -1.27. The number of piperidine rings is 1. The molecule has 3 aliphatic rings. The average molecular weight is 364 g/mol. The highest BCUT2D eigenvalue weighted by Gasteiger charge is 2.34. The van der Waals surface area contributed by atoms with Crippen LogP contribution in [0, 0.1) is 5.92 Å². The van der Waals surface area contributed by atoms with Gasteiger partial charge in [-0.05, 0) is 37.7 Å². The molecule has 3 heterocycles. The van der Waals surface area contributed by atoms with Gasteiger partial charge in [0.25, 0.3) is 5.92 Å². The summed E-state index contributed by atoms with van der Waals surface area (Å²) in [6, 6.07) is 2.20. The van der Waals surface area contributed by atoms with Crippen LogP contribution < -0.4 is 0 Å². The van der Waals surface area contributed by atoms with Crippen molar-refractivity contribution in [1.82, 2.24) is 19.6 Å². The van der Waals surface area contributed by atoms with E-state index >= 15 is 0 Å². The molecule has 0 amide bonds. The maximum Gasteiger partial charge on any atom is 0.250 e. The lowest BCUT2D eigenvalue weighted by Crippen LogP contribution is -2.38. The summed E-state index contributed by atoms with van der Waals surface area (Å²) in [5.41, 5.74) is 2.32. The standard InChI is InChI=1S/C20H30F2N4/c21-20(22)7-11-24(12-8-20)15-18-13-19-16-25(9-4-10-26(19)23-18)14-17-5-2-1-3-6-17/h1-2,13,17H,3-12,14-16H2/t17-/m0/s1. The molecule has 1 atom stereocenters. The zero-order chi connectivity index (χ0) is 18.0. The minimum atomic E-state index is -2.48. The van der Waals surface area contributed by atoms with Crippen molar-refractivity contribution in [2.24, 2.45) is 5.92 Å². The fourth-order valence-corrected chi connectivity index (χ4v) is 4.48. The molecule has 0 radical (unpaired) electrons. The van der Waals surface area contributed by atoms with Crippen molar-refractivity contribution >= 4 is 0 Å². The van der Waals surface area contributed by atoms with Crippen molar-refractivity contribution in [2.75, 3.05) is 26.2 Å². The van der Waals surface area contributed by atoms with Crippen LogP contribution in [-0.4, -0.2) is 51.7 Å². The van der Waals surface area contributed by atoms with Crippen LogP contribution in [0.15, 0.2) is 18.2 Å². The number of hydrogen-bond donors (Lipinski definition) is 0. The third-order valence-electron chi connectivity index (χ3n) is 6.01. The first-order valence-electron chi connectivity index (χ1n) is 10.1. The number of allylic oxidation sites excluding steroid dienone is 2. The third kappa shape index (κ3) is 4.52. The van der Waals surface area contributed by atoms with Crippen LogP contribution in [0.25, 0.3) is 0 Å². The minimum absolute atomic E-state index is 0.0236. The fraction of sp³-hybridized carbons (Fsp3) is 0.750. The fourth-order valence-electron chi connectivity index (χ4n) is 4.48. The number of halogens is 2. The van der Waals surface area contributed by atoms with Gasteiger partial charge in [-0.2, -0.15) is 5.10 Å². The predicted octanol–water partition coefficient (Wildman–Crippen LogP) is 3.68. The first kappa shape index (κ1) is 18.1. The van der Waals surface area contributed by atoms with E-state index < -0.39 is 5.92 Å². The molecule has 6 heteroatoms. The van der Waals surface area contributed by atoms with Crippen LogP contribution in [0.3, 0.4) is 0 Å². The van der Waals surface area contributed by atoms with Crippen molar-refractivity contribution in [1.29, 1.82) is 0 Å². The predicted molar refractivity (Wildman–Crippen MR) is 98.1 cm³/mol. The molecule has 0 N–H and O–H groups in total. The highest BCUT2D eigenvalue weighted by atomic mass is 19.3. The molecular formula is C20H30F2N4. The number of likely N-dealkylation sites (tertiary alicyclic amines) is 1. The maximum atomic E-state index is 13.3. The van der Waals surface area contributed by atoms with Crippen molar-refractivity contribution < 1.29 is 8.78 Å². The Morgan fingerprint density at radius 2 is 1.92 bits per heavy atom. The van der Waals surface area contributed by atoms with Gasteiger partial charge in [0.2, 0.25) is 0 Å². The molecule has 1 fully saturated rings. The second-order valence-electron chi connectivity index (χ2n) is 8.22. The van der Waals surface area contributed by atoms with Crippen LogP contribution >= 0.6 is 0 Å². The Labute approximate surface area is 154 Å². The molecule has 1 aromatic heterocycles. The Morgan fingerprint density at radius 1 is 1.08 bits per heavy atom. The molecule has 26 heavy (non-hydrogen) atoms. The lowest BCUT2D eigenvalue weighted by molar-refractivity contribution is -0.0568. The zero-order valence-electron chi connectivity index (χ0n) is 15.5. The first-order chi connectivity index (χ1) is 12.6. The Morgan fingerprint density at radius 3 is 2.69 bits per heavy atom. The van der Waals surface area contributed by atoms with Gasteiger partial charge in [-0.1, -0.05) is 12.2 Å². The number of nitrogens with zero attached hydrogens (tertiary/aromatic N) is 4. The van der Waals surface area contributed by atoms with Gasteiger partial charge >= 0.3 is 0 Å². The number of rotatable bonds is 4. The van der Waals surface area contributed by atoms with E-state index in [1.807, 2.05) is 0 Å². The Balaban J connectivity index is 1.35. The average Bonchev–Trinajstić information content (AvgIpc) is 2.89. The van der Waals surface area contributed by atoms with Gasteiger partial charge in [-0.3, -0.25) is 14.5 Å². The molecule has 4 rings (SSSR count). The molecule has 144 valence electrons. The number of aromatic nitrogens is 2. The van der Waals surface area contributed by atoms with E-state index in [0.29, 0.717) is 19.6 Å². The first-order valence-corrected chi connectivity index (χ1v) is 10.1. The van der Waals surface area contributed by atoms with Gasteiger partial charge in [0.15, 0.2) is 0 Å². The molecule has 1 aromatic rings. The lowest BCUT2D eigenvalue weighted by atomic mass is 9.94. The molecule has 0 spiro atoms. The van der Waals surface area contributed by atoms with E-state index in [1.165, 1.54) is 31.5 Å². The van der Waals surface area contributed by atoms with Crippen LogP contribution in [0.2, 0.25) is 0 Å². The molecule has 1 saturated heterocycles. The summed E-state index contributed by atoms with van der Waals surface area (Å²) in [5.74, 6) is -1.69. The van der Waals surface area contributed by atoms with Crippen molar-refractivity contribution in [3.05, 3.63) is 29.6 Å². The van der Waals surface area contributed by atoms with E-state index in [9.17, 15) is 8.78 Å². The van der Waals surface area contributed by atoms with Gasteiger partial charge in [-0.15, -0.1) is 0 Å². The van der Waals surface area contributed by atoms with Gasteiger partial charge in [-0.25, -0.2) is 8.78 Å². The summed E-state index contributed by atoms with van der Waals surface area (Å²) in [7, 11) is 0. The van der Waals surface area contributed by atoms with Crippen molar-refractivity contribution in [3.63, 3.8) is 0 Å². The minimum Gasteiger partial charge on any atom is -0.297 e. The molecule has 0 saturated carbocycles. The summed E-state index contributed by atoms with van der Waals surface area (Å²) >= 11 is 0. The normalized spacial score (nSPS) is 27.2. The maximum absolute atomic E-state index is 13.3. The van der Waals surface area contributed by atoms with Crippen LogP contribution in [0.5, 0.6) is 0 Å². The van der Waals surface area contributed by atoms with Crippen LogP contribution in [-0.2, 0) is 19.6 Å². The second kappa shape index (κ2) is 7.77. The second-order valence-corrected chi connectivity index (χ2v) is 8.22. The molecule has 2 aliphatic heterocycles. The number of fused-ring (bicyclic) bond motifs is 1. The monoisotopic (exact) mass is 364 g/mol. The highest BCUT2D eigenvalue weighted by molar-refractivity contribution is 5.12. The van der Waals surface area contributed by atoms with Crippen molar-refractivity contribution in [3.8, 4) is 0 Å². The summed E-state index contributed by atoms with van der Waals surface area (Å²) in [4.78, 5) is 4.70. The van der Waals surface area contributed by atoms with Crippen LogP contribution in [0.4, 0.5) is 8.78 Å².